The molecule has 0 fully saturated rings. The number of nitrogens with two attached hydrogens (primary N) is 1. The Morgan fingerprint density at radius 3 is 2.85 bits per heavy atom. The maximum absolute atomic E-state index is 6.30. The molecule has 1 heterocycles. The zero-order valence-corrected chi connectivity index (χ0v) is 11.8. The van der Waals surface area contributed by atoms with E-state index in [0.717, 1.165) is 29.0 Å². The Kier molecular flexibility index (Phi) is 3.36. The van der Waals surface area contributed by atoms with E-state index in [4.69, 9.17) is 15.2 Å². The summed E-state index contributed by atoms with van der Waals surface area (Å²) in [6.45, 7) is 2.07. The lowest BCUT2D eigenvalue weighted by atomic mass is 9.92. The summed E-state index contributed by atoms with van der Waals surface area (Å²) in [6, 6.07) is 14.2. The quantitative estimate of drug-likeness (QED) is 0.907. The second kappa shape index (κ2) is 5.17. The van der Waals surface area contributed by atoms with Crippen molar-refractivity contribution < 1.29 is 9.47 Å². The molecule has 2 aromatic carbocycles. The van der Waals surface area contributed by atoms with Gasteiger partial charge in [0.2, 0.25) is 0 Å². The highest BCUT2D eigenvalue weighted by atomic mass is 16.5. The lowest BCUT2D eigenvalue weighted by Gasteiger charge is -2.31. The predicted octanol–water partition coefficient (Wildman–Crippen LogP) is 3.53. The molecule has 3 rings (SSSR count). The van der Waals surface area contributed by atoms with Crippen molar-refractivity contribution in [3.63, 3.8) is 0 Å². The van der Waals surface area contributed by atoms with Gasteiger partial charge in [0.1, 0.15) is 17.6 Å². The van der Waals surface area contributed by atoms with Crippen molar-refractivity contribution in [2.24, 2.45) is 5.73 Å². The van der Waals surface area contributed by atoms with Gasteiger partial charge in [-0.05, 0) is 30.7 Å². The molecule has 0 saturated heterocycles. The van der Waals surface area contributed by atoms with Crippen LogP contribution >= 0.6 is 0 Å². The Bertz CT molecular complexity index is 624. The second-order valence-corrected chi connectivity index (χ2v) is 5.27. The van der Waals surface area contributed by atoms with Crippen LogP contribution in [0.4, 0.5) is 0 Å². The first kappa shape index (κ1) is 13.0. The molecule has 2 atom stereocenters. The van der Waals surface area contributed by atoms with E-state index in [1.807, 2.05) is 24.3 Å². The van der Waals surface area contributed by atoms with Crippen molar-refractivity contribution in [2.75, 3.05) is 7.11 Å². The molecule has 2 unspecified atom stereocenters. The third kappa shape index (κ3) is 2.37. The summed E-state index contributed by atoms with van der Waals surface area (Å²) in [6.07, 6.45) is 0.763. The van der Waals surface area contributed by atoms with Crippen molar-refractivity contribution in [3.05, 3.63) is 59.2 Å². The monoisotopic (exact) mass is 269 g/mol. The van der Waals surface area contributed by atoms with Crippen LogP contribution in [0.1, 0.15) is 35.3 Å². The zero-order chi connectivity index (χ0) is 14.1. The molecule has 1 aliphatic rings. The van der Waals surface area contributed by atoms with E-state index in [1.165, 1.54) is 5.56 Å². The third-order valence-corrected chi connectivity index (χ3v) is 3.77. The van der Waals surface area contributed by atoms with Gasteiger partial charge in [-0.15, -0.1) is 0 Å². The topological polar surface area (TPSA) is 44.5 Å². The van der Waals surface area contributed by atoms with Gasteiger partial charge in [0.15, 0.2) is 0 Å². The molecular weight excluding hydrogens is 250 g/mol. The number of rotatable bonds is 2. The van der Waals surface area contributed by atoms with Crippen LogP contribution in [-0.2, 0) is 0 Å². The molecule has 0 bridgehead atoms. The minimum absolute atomic E-state index is 0.00912. The van der Waals surface area contributed by atoms with E-state index in [2.05, 4.69) is 25.1 Å². The molecular formula is C17H19NO2. The Labute approximate surface area is 119 Å². The molecule has 1 aliphatic heterocycles. The van der Waals surface area contributed by atoms with Gasteiger partial charge >= 0.3 is 0 Å². The first-order chi connectivity index (χ1) is 9.67. The van der Waals surface area contributed by atoms with Crippen LogP contribution < -0.4 is 15.2 Å². The van der Waals surface area contributed by atoms with Gasteiger partial charge in [0, 0.05) is 18.0 Å². The minimum atomic E-state index is -0.0182. The third-order valence-electron chi connectivity index (χ3n) is 3.77. The maximum Gasteiger partial charge on any atom is 0.126 e. The van der Waals surface area contributed by atoms with E-state index >= 15 is 0 Å². The molecule has 0 radical (unpaired) electrons. The molecule has 0 spiro atoms. The summed E-state index contributed by atoms with van der Waals surface area (Å²) in [4.78, 5) is 0. The minimum Gasteiger partial charge on any atom is -0.497 e. The number of methoxy groups -OCH3 is 1. The maximum atomic E-state index is 6.30. The van der Waals surface area contributed by atoms with Crippen molar-refractivity contribution in [1.29, 1.82) is 0 Å². The SMILES string of the molecule is COc1cccc(C2CC(N)c3cc(C)ccc3O2)c1. The van der Waals surface area contributed by atoms with Crippen LogP contribution in [0.5, 0.6) is 11.5 Å². The fourth-order valence-corrected chi connectivity index (χ4v) is 2.67. The number of aryl methyl sites for hydroxylation is 1. The number of benzene rings is 2. The van der Waals surface area contributed by atoms with E-state index in [1.54, 1.807) is 7.11 Å². The number of hydrogen-bond donors (Lipinski definition) is 1. The molecule has 0 saturated carbocycles. The molecule has 0 aliphatic carbocycles. The molecule has 3 nitrogen and oxygen atoms in total. The summed E-state index contributed by atoms with van der Waals surface area (Å²) in [7, 11) is 1.67. The van der Waals surface area contributed by atoms with Crippen LogP contribution in [0.2, 0.25) is 0 Å². The molecule has 2 aromatic rings. The molecule has 2 N–H and O–H groups in total. The highest BCUT2D eigenvalue weighted by Gasteiger charge is 2.27. The lowest BCUT2D eigenvalue weighted by Crippen LogP contribution is -2.24. The van der Waals surface area contributed by atoms with Crippen LogP contribution in [0.3, 0.4) is 0 Å². The van der Waals surface area contributed by atoms with E-state index < -0.39 is 0 Å². The molecule has 104 valence electrons. The zero-order valence-electron chi connectivity index (χ0n) is 11.8. The summed E-state index contributed by atoms with van der Waals surface area (Å²) < 4.78 is 11.4. The van der Waals surface area contributed by atoms with Gasteiger partial charge in [-0.2, -0.15) is 0 Å². The summed E-state index contributed by atoms with van der Waals surface area (Å²) in [5, 5.41) is 0. The van der Waals surface area contributed by atoms with Crippen LogP contribution in [0.15, 0.2) is 42.5 Å². The van der Waals surface area contributed by atoms with E-state index in [0.29, 0.717) is 0 Å². The Hall–Kier alpha value is -2.00. The average molecular weight is 269 g/mol. The Morgan fingerprint density at radius 2 is 2.05 bits per heavy atom. The van der Waals surface area contributed by atoms with Gasteiger partial charge in [0.25, 0.3) is 0 Å². The van der Waals surface area contributed by atoms with Crippen LogP contribution in [0.25, 0.3) is 0 Å². The summed E-state index contributed by atoms with van der Waals surface area (Å²) in [5.41, 5.74) is 9.72. The summed E-state index contributed by atoms with van der Waals surface area (Å²) in [5.74, 6) is 1.73. The van der Waals surface area contributed by atoms with Crippen molar-refractivity contribution in [1.82, 2.24) is 0 Å². The Morgan fingerprint density at radius 1 is 1.20 bits per heavy atom. The smallest absolute Gasteiger partial charge is 0.126 e. The van der Waals surface area contributed by atoms with E-state index in [-0.39, 0.29) is 12.1 Å². The normalized spacial score (nSPS) is 20.9. The van der Waals surface area contributed by atoms with Crippen LogP contribution in [-0.4, -0.2) is 7.11 Å². The van der Waals surface area contributed by atoms with Gasteiger partial charge in [0.05, 0.1) is 7.11 Å². The lowest BCUT2D eigenvalue weighted by molar-refractivity contribution is 0.161. The molecule has 3 heteroatoms. The highest BCUT2D eigenvalue weighted by Crippen LogP contribution is 2.40. The largest absolute Gasteiger partial charge is 0.497 e. The summed E-state index contributed by atoms with van der Waals surface area (Å²) >= 11 is 0. The van der Waals surface area contributed by atoms with Gasteiger partial charge in [-0.3, -0.25) is 0 Å². The molecule has 0 amide bonds. The van der Waals surface area contributed by atoms with E-state index in [9.17, 15) is 0 Å². The standard InChI is InChI=1S/C17H19NO2/c1-11-6-7-16-14(8-11)15(18)10-17(20-16)12-4-3-5-13(9-12)19-2/h3-9,15,17H,10,18H2,1-2H3. The van der Waals surface area contributed by atoms with Crippen LogP contribution in [0, 0.1) is 6.92 Å². The van der Waals surface area contributed by atoms with Gasteiger partial charge in [-0.1, -0.05) is 29.8 Å². The predicted molar refractivity (Wildman–Crippen MR) is 79.1 cm³/mol. The second-order valence-electron chi connectivity index (χ2n) is 5.27. The highest BCUT2D eigenvalue weighted by molar-refractivity contribution is 5.42. The average Bonchev–Trinajstić information content (AvgIpc) is 2.48. The van der Waals surface area contributed by atoms with Crippen molar-refractivity contribution in [3.8, 4) is 11.5 Å². The molecule has 0 aromatic heterocycles. The Balaban J connectivity index is 1.92. The van der Waals surface area contributed by atoms with Crippen molar-refractivity contribution >= 4 is 0 Å². The van der Waals surface area contributed by atoms with Crippen molar-refractivity contribution in [2.45, 2.75) is 25.5 Å². The molecule has 20 heavy (non-hydrogen) atoms. The first-order valence-corrected chi connectivity index (χ1v) is 6.84. The number of fused-ring (bicyclic) bond motifs is 1. The first-order valence-electron chi connectivity index (χ1n) is 6.84. The van der Waals surface area contributed by atoms with Gasteiger partial charge < -0.3 is 15.2 Å². The fraction of sp³-hybridized carbons (Fsp3) is 0.294. The van der Waals surface area contributed by atoms with Gasteiger partial charge in [-0.25, -0.2) is 0 Å². The number of hydrogen-bond acceptors (Lipinski definition) is 3. The number of ether oxygens (including phenoxy) is 2. The fourth-order valence-electron chi connectivity index (χ4n) is 2.67.